The molecule has 6 heteroatoms. The van der Waals surface area contributed by atoms with Crippen molar-refractivity contribution in [2.45, 2.75) is 25.4 Å². The quantitative estimate of drug-likeness (QED) is 0.439. The monoisotopic (exact) mass is 580 g/mol. The molecular formula is C18H16Br4O2. The minimum Gasteiger partial charge on any atom is -0.489 e. The first-order valence-electron chi connectivity index (χ1n) is 7.13. The number of aliphatic hydroxyl groups is 1. The molecule has 0 fully saturated rings. The van der Waals surface area contributed by atoms with Gasteiger partial charge in [0.05, 0.1) is 15.0 Å². The van der Waals surface area contributed by atoms with E-state index in [4.69, 9.17) is 4.74 Å². The van der Waals surface area contributed by atoms with Crippen LogP contribution in [0.25, 0.3) is 0 Å². The first kappa shape index (κ1) is 20.4. The van der Waals surface area contributed by atoms with Crippen molar-refractivity contribution in [3.05, 3.63) is 66.3 Å². The van der Waals surface area contributed by atoms with E-state index in [0.717, 1.165) is 29.0 Å². The predicted octanol–water partition coefficient (Wildman–Crippen LogP) is 6.44. The van der Waals surface area contributed by atoms with Gasteiger partial charge in [0.1, 0.15) is 12.4 Å². The molecule has 2 radical (unpaired) electrons. The van der Waals surface area contributed by atoms with E-state index < -0.39 is 6.10 Å². The van der Waals surface area contributed by atoms with Crippen LogP contribution in [0.15, 0.2) is 42.2 Å². The maximum absolute atomic E-state index is 9.30. The van der Waals surface area contributed by atoms with Crippen molar-refractivity contribution in [1.29, 1.82) is 0 Å². The van der Waals surface area contributed by atoms with Gasteiger partial charge in [-0.2, -0.15) is 0 Å². The summed E-state index contributed by atoms with van der Waals surface area (Å²) in [6.45, 7) is 7.97. The lowest BCUT2D eigenvalue weighted by atomic mass is 9.78. The number of ether oxygens (including phenoxy) is 1. The normalized spacial score (nSPS) is 13.0. The van der Waals surface area contributed by atoms with Gasteiger partial charge in [-0.1, -0.05) is 45.7 Å². The second-order valence-corrected chi connectivity index (χ2v) is 9.34. The second-order valence-electron chi connectivity index (χ2n) is 5.92. The summed E-state index contributed by atoms with van der Waals surface area (Å²) < 4.78 is 9.07. The summed E-state index contributed by atoms with van der Waals surface area (Å²) in [5, 5.41) is 9.30. The Bertz CT molecular complexity index is 699. The molecule has 0 saturated carbocycles. The van der Waals surface area contributed by atoms with Crippen molar-refractivity contribution in [3.63, 3.8) is 0 Å². The number of aliphatic hydroxyl groups excluding tert-OH is 1. The molecule has 0 aromatic heterocycles. The molecule has 128 valence electrons. The van der Waals surface area contributed by atoms with Gasteiger partial charge in [0, 0.05) is 20.4 Å². The first-order chi connectivity index (χ1) is 11.1. The van der Waals surface area contributed by atoms with E-state index in [1.54, 1.807) is 0 Å². The molecule has 2 nitrogen and oxygen atoms in total. The Labute approximate surface area is 176 Å². The van der Waals surface area contributed by atoms with E-state index in [0.29, 0.717) is 5.75 Å². The Morgan fingerprint density at radius 3 is 1.96 bits per heavy atom. The highest BCUT2D eigenvalue weighted by molar-refractivity contribution is 9.11. The molecule has 0 amide bonds. The Kier molecular flexibility index (Phi) is 6.99. The van der Waals surface area contributed by atoms with Crippen LogP contribution >= 0.6 is 63.7 Å². The summed E-state index contributed by atoms with van der Waals surface area (Å²) >= 11 is 14.1. The van der Waals surface area contributed by atoms with Gasteiger partial charge < -0.3 is 9.84 Å². The molecule has 2 rings (SSSR count). The maximum atomic E-state index is 9.30. The standard InChI is InChI=1S/C18H16Br4O2/c1-10(23)9-24-17-15(21)6-12(7-16(17)22)18(2,3)11-4-13(19)8-14(20)5-11/h4-7,10,23H,1,9H2,2-3H3. The van der Waals surface area contributed by atoms with Crippen LogP contribution in [0.2, 0.25) is 0 Å². The topological polar surface area (TPSA) is 29.5 Å². The summed E-state index contributed by atoms with van der Waals surface area (Å²) in [6.07, 6.45) is -0.768. The molecule has 0 aliphatic rings. The van der Waals surface area contributed by atoms with Crippen molar-refractivity contribution < 1.29 is 9.84 Å². The van der Waals surface area contributed by atoms with Gasteiger partial charge in [0.15, 0.2) is 0 Å². The highest BCUT2D eigenvalue weighted by Crippen LogP contribution is 2.41. The second kappa shape index (κ2) is 8.21. The van der Waals surface area contributed by atoms with Gasteiger partial charge in [0.25, 0.3) is 0 Å². The lowest BCUT2D eigenvalue weighted by Gasteiger charge is -2.28. The van der Waals surface area contributed by atoms with Crippen molar-refractivity contribution in [3.8, 4) is 5.75 Å². The number of hydrogen-bond acceptors (Lipinski definition) is 2. The van der Waals surface area contributed by atoms with Crippen LogP contribution in [0.3, 0.4) is 0 Å². The van der Waals surface area contributed by atoms with Crippen molar-refractivity contribution >= 4 is 63.7 Å². The molecule has 0 aliphatic heterocycles. The Balaban J connectivity index is 2.44. The van der Waals surface area contributed by atoms with Crippen LogP contribution in [0.1, 0.15) is 25.0 Å². The third-order valence-corrected chi connectivity index (χ3v) is 5.70. The summed E-state index contributed by atoms with van der Waals surface area (Å²) in [4.78, 5) is 0. The van der Waals surface area contributed by atoms with Crippen LogP contribution in [0.5, 0.6) is 5.75 Å². The van der Waals surface area contributed by atoms with Crippen molar-refractivity contribution in [1.82, 2.24) is 0 Å². The average Bonchev–Trinajstić information content (AvgIpc) is 2.44. The number of hydrogen-bond donors (Lipinski definition) is 1. The zero-order chi connectivity index (χ0) is 18.1. The summed E-state index contributed by atoms with van der Waals surface area (Å²) in [5.74, 6) is 0.654. The van der Waals surface area contributed by atoms with Gasteiger partial charge in [-0.15, -0.1) is 0 Å². The van der Waals surface area contributed by atoms with Gasteiger partial charge in [-0.05, 0) is 74.2 Å². The van der Waals surface area contributed by atoms with Crippen LogP contribution in [-0.4, -0.2) is 17.8 Å². The minimum absolute atomic E-state index is 0.133. The molecule has 24 heavy (non-hydrogen) atoms. The largest absolute Gasteiger partial charge is 0.489 e. The van der Waals surface area contributed by atoms with Crippen LogP contribution in [0, 0.1) is 13.0 Å². The zero-order valence-electron chi connectivity index (χ0n) is 13.2. The molecule has 0 spiro atoms. The molecule has 2 aromatic rings. The van der Waals surface area contributed by atoms with E-state index in [2.05, 4.69) is 103 Å². The lowest BCUT2D eigenvalue weighted by Crippen LogP contribution is -2.19. The molecule has 1 N–H and O–H groups in total. The lowest BCUT2D eigenvalue weighted by molar-refractivity contribution is 0.141. The number of rotatable bonds is 5. The predicted molar refractivity (Wildman–Crippen MR) is 112 cm³/mol. The fourth-order valence-electron chi connectivity index (χ4n) is 2.27. The highest BCUT2D eigenvalue weighted by Gasteiger charge is 2.26. The summed E-state index contributed by atoms with van der Waals surface area (Å²) in [6, 6.07) is 11.4. The maximum Gasteiger partial charge on any atom is 0.147 e. The third-order valence-electron chi connectivity index (χ3n) is 3.66. The number of benzene rings is 2. The molecule has 0 bridgehead atoms. The van der Waals surface area contributed by atoms with Gasteiger partial charge >= 0.3 is 0 Å². The van der Waals surface area contributed by atoms with Gasteiger partial charge in [0.2, 0.25) is 0 Å². The summed E-state index contributed by atoms with van der Waals surface area (Å²) in [7, 11) is 0. The fraction of sp³-hybridized carbons (Fsp3) is 0.278. The molecular weight excluding hydrogens is 568 g/mol. The Hall–Kier alpha value is 0.120. The number of halogens is 4. The Morgan fingerprint density at radius 2 is 1.50 bits per heavy atom. The smallest absolute Gasteiger partial charge is 0.147 e. The molecule has 2 aromatic carbocycles. The SMILES string of the molecule is [CH2]C(O)COc1c(Br)cc(C(C)(C)c2cc(Br)[c]c(Br)c2)cc1Br. The minimum atomic E-state index is -0.768. The Morgan fingerprint density at radius 1 is 1.04 bits per heavy atom. The van der Waals surface area contributed by atoms with Gasteiger partial charge in [-0.3, -0.25) is 0 Å². The molecule has 0 heterocycles. The van der Waals surface area contributed by atoms with Gasteiger partial charge in [-0.25, -0.2) is 0 Å². The van der Waals surface area contributed by atoms with Crippen LogP contribution in [0.4, 0.5) is 0 Å². The van der Waals surface area contributed by atoms with Crippen LogP contribution < -0.4 is 4.74 Å². The molecule has 1 unspecified atom stereocenters. The van der Waals surface area contributed by atoms with E-state index in [-0.39, 0.29) is 12.0 Å². The zero-order valence-corrected chi connectivity index (χ0v) is 19.5. The summed E-state index contributed by atoms with van der Waals surface area (Å²) in [5.41, 5.74) is 2.05. The highest BCUT2D eigenvalue weighted by atomic mass is 79.9. The molecule has 0 aliphatic carbocycles. The van der Waals surface area contributed by atoms with E-state index in [9.17, 15) is 5.11 Å². The fourth-order valence-corrected chi connectivity index (χ4v) is 4.87. The average molecular weight is 584 g/mol. The molecule has 1 atom stereocenters. The van der Waals surface area contributed by atoms with Crippen LogP contribution in [-0.2, 0) is 5.41 Å². The first-order valence-corrected chi connectivity index (χ1v) is 10.3. The van der Waals surface area contributed by atoms with Crippen molar-refractivity contribution in [2.75, 3.05) is 6.61 Å². The molecule has 0 saturated heterocycles. The van der Waals surface area contributed by atoms with E-state index >= 15 is 0 Å². The third kappa shape index (κ3) is 4.85. The van der Waals surface area contributed by atoms with E-state index in [1.807, 2.05) is 12.1 Å². The van der Waals surface area contributed by atoms with E-state index in [1.165, 1.54) is 0 Å². The van der Waals surface area contributed by atoms with Crippen molar-refractivity contribution in [2.24, 2.45) is 0 Å².